The molecule has 3 heterocycles. The van der Waals surface area contributed by atoms with Crippen LogP contribution in [0, 0.1) is 18.1 Å². The molecule has 3 aromatic heterocycles. The Morgan fingerprint density at radius 3 is 2.19 bits per heavy atom. The topological polar surface area (TPSA) is 38.9 Å². The first-order valence-corrected chi connectivity index (χ1v) is 22.1. The molecule has 0 aliphatic heterocycles. The number of furan rings is 1. The van der Waals surface area contributed by atoms with Gasteiger partial charge >= 0.3 is 0 Å². The molecule has 0 saturated heterocycles. The van der Waals surface area contributed by atoms with Gasteiger partial charge in [0.05, 0.1) is 13.7 Å². The van der Waals surface area contributed by atoms with Crippen molar-refractivity contribution in [2.24, 2.45) is 5.92 Å². The second-order valence-corrected chi connectivity index (χ2v) is 20.2. The first-order valence-electron chi connectivity index (χ1n) is 18.6. The fourth-order valence-electron chi connectivity index (χ4n) is 7.71. The summed E-state index contributed by atoms with van der Waals surface area (Å²) in [7, 11) is -1.36. The van der Waals surface area contributed by atoms with Crippen LogP contribution >= 0.6 is 0 Å². The Labute approximate surface area is 327 Å². The fraction of sp³-hybridized carbons (Fsp3) is 0.208. The van der Waals surface area contributed by atoms with Gasteiger partial charge in [0.2, 0.25) is 0 Å². The average Bonchev–Trinajstić information content (AvgIpc) is 3.57. The Balaban J connectivity index is 0.000000166. The molecule has 0 bridgehead atoms. The molecule has 0 N–H and O–H groups in total. The molecular formula is C48H44IrN2OSi-2. The van der Waals surface area contributed by atoms with Crippen molar-refractivity contribution in [3.05, 3.63) is 151 Å². The number of hydrogen-bond acceptors (Lipinski definition) is 3. The van der Waals surface area contributed by atoms with Crippen molar-refractivity contribution in [2.45, 2.75) is 58.2 Å². The molecule has 1 saturated carbocycles. The predicted molar refractivity (Wildman–Crippen MR) is 220 cm³/mol. The van der Waals surface area contributed by atoms with Crippen LogP contribution in [-0.2, 0) is 26.5 Å². The summed E-state index contributed by atoms with van der Waals surface area (Å²) in [5, 5.41) is 6.02. The van der Waals surface area contributed by atoms with E-state index in [-0.39, 0.29) is 20.1 Å². The van der Waals surface area contributed by atoms with Crippen molar-refractivity contribution in [3.8, 4) is 33.6 Å². The number of pyridine rings is 2. The summed E-state index contributed by atoms with van der Waals surface area (Å²) in [5.41, 5.74) is 9.54. The summed E-state index contributed by atoms with van der Waals surface area (Å²) in [6.07, 6.45) is 12.4. The number of nitrogens with zero attached hydrogens (tertiary/aromatic N) is 2. The molecule has 1 fully saturated rings. The molecule has 1 aliphatic rings. The molecule has 1 aliphatic carbocycles. The normalized spacial score (nSPS) is 13.4. The van der Waals surface area contributed by atoms with Gasteiger partial charge in [0, 0.05) is 37.9 Å². The van der Waals surface area contributed by atoms with E-state index in [4.69, 9.17) is 9.40 Å². The molecular weight excluding hydrogens is 841 g/mol. The van der Waals surface area contributed by atoms with Crippen molar-refractivity contribution >= 4 is 46.0 Å². The number of aromatic nitrogens is 2. The first kappa shape index (κ1) is 36.7. The molecule has 53 heavy (non-hydrogen) atoms. The number of hydrogen-bond donors (Lipinski definition) is 0. The third-order valence-corrected chi connectivity index (χ3v) is 12.5. The van der Waals surface area contributed by atoms with Gasteiger partial charge < -0.3 is 14.4 Å². The smallest absolute Gasteiger partial charge is 0.121 e. The van der Waals surface area contributed by atoms with Crippen molar-refractivity contribution in [2.75, 3.05) is 0 Å². The molecule has 5 aromatic carbocycles. The van der Waals surface area contributed by atoms with Crippen molar-refractivity contribution < 1.29 is 24.5 Å². The van der Waals surface area contributed by atoms with Gasteiger partial charge in [-0.1, -0.05) is 147 Å². The molecule has 0 atom stereocenters. The number of benzene rings is 5. The van der Waals surface area contributed by atoms with Gasteiger partial charge in [-0.25, -0.2) is 0 Å². The monoisotopic (exact) mass is 885 g/mol. The Morgan fingerprint density at radius 1 is 0.660 bits per heavy atom. The minimum absolute atomic E-state index is 0. The van der Waals surface area contributed by atoms with Crippen LogP contribution in [0.1, 0.15) is 37.7 Å². The zero-order valence-electron chi connectivity index (χ0n) is 30.7. The Morgan fingerprint density at radius 2 is 1.42 bits per heavy atom. The van der Waals surface area contributed by atoms with E-state index in [9.17, 15) is 0 Å². The third-order valence-electron chi connectivity index (χ3n) is 10.4. The summed E-state index contributed by atoms with van der Waals surface area (Å²) in [6, 6.07) is 48.3. The summed E-state index contributed by atoms with van der Waals surface area (Å²) in [4.78, 5) is 9.44. The van der Waals surface area contributed by atoms with Crippen LogP contribution in [0.15, 0.2) is 138 Å². The van der Waals surface area contributed by atoms with Gasteiger partial charge in [0.15, 0.2) is 0 Å². The minimum Gasteiger partial charge on any atom is -0.501 e. The van der Waals surface area contributed by atoms with Crippen LogP contribution in [-0.4, -0.2) is 18.0 Å². The van der Waals surface area contributed by atoms with Crippen LogP contribution in [0.25, 0.3) is 66.4 Å². The van der Waals surface area contributed by atoms with E-state index >= 15 is 0 Å². The maximum absolute atomic E-state index is 6.34. The number of fused-ring (bicyclic) bond motifs is 4. The Bertz CT molecular complexity index is 2460. The zero-order valence-corrected chi connectivity index (χ0v) is 34.1. The van der Waals surface area contributed by atoms with Gasteiger partial charge in [-0.05, 0) is 56.9 Å². The van der Waals surface area contributed by atoms with E-state index < -0.39 is 8.07 Å². The summed E-state index contributed by atoms with van der Waals surface area (Å²) < 4.78 is 6.34. The van der Waals surface area contributed by atoms with E-state index in [1.54, 1.807) is 10.8 Å². The molecule has 3 nitrogen and oxygen atoms in total. The van der Waals surface area contributed by atoms with Crippen molar-refractivity contribution in [3.63, 3.8) is 0 Å². The average molecular weight is 885 g/mol. The molecule has 9 rings (SSSR count). The standard InChI is InChI=1S/C27H16NO.C21H28NSi.Ir/c1-2-7-18(8-3-1)20-13-14-22-23-11-6-12-24(27(23)29-26(22)16-20)25-15-19-9-4-5-10-21(19)17-28-25;1-23(2,3)21-16-22-20(18-12-8-5-9-13-18)15-19(21)14-17-10-6-4-7-11-17;/h1-11,13-17H;5,8-9,12,15-17H,4,6-7,10-11,14H2,1-3H3;/q2*-1;. The molecule has 1 radical (unpaired) electrons. The van der Waals surface area contributed by atoms with Crippen LogP contribution in [0.5, 0.6) is 0 Å². The van der Waals surface area contributed by atoms with Crippen LogP contribution < -0.4 is 5.19 Å². The van der Waals surface area contributed by atoms with Crippen molar-refractivity contribution in [1.29, 1.82) is 0 Å². The summed E-state index contributed by atoms with van der Waals surface area (Å²) >= 11 is 0. The summed E-state index contributed by atoms with van der Waals surface area (Å²) in [6.45, 7) is 7.30. The minimum atomic E-state index is -1.36. The van der Waals surface area contributed by atoms with Gasteiger partial charge in [0.25, 0.3) is 0 Å². The largest absolute Gasteiger partial charge is 0.501 e. The quantitative estimate of drug-likeness (QED) is 0.123. The van der Waals surface area contributed by atoms with E-state index in [2.05, 4.69) is 128 Å². The maximum atomic E-state index is 6.34. The first-order chi connectivity index (χ1) is 25.4. The molecule has 5 heteroatoms. The fourth-order valence-corrected chi connectivity index (χ4v) is 9.30. The molecule has 0 amide bonds. The molecule has 0 unspecified atom stereocenters. The van der Waals surface area contributed by atoms with E-state index in [0.717, 1.165) is 66.7 Å². The number of rotatable bonds is 6. The summed E-state index contributed by atoms with van der Waals surface area (Å²) in [5.74, 6) is 0.869. The maximum Gasteiger partial charge on any atom is 0.121 e. The third kappa shape index (κ3) is 8.13. The van der Waals surface area contributed by atoms with Gasteiger partial charge in [-0.2, -0.15) is 0 Å². The van der Waals surface area contributed by atoms with E-state index in [1.807, 2.05) is 42.6 Å². The van der Waals surface area contributed by atoms with Gasteiger partial charge in [-0.15, -0.1) is 54.1 Å². The second-order valence-electron chi connectivity index (χ2n) is 15.2. The molecule has 8 aromatic rings. The van der Waals surface area contributed by atoms with Crippen molar-refractivity contribution in [1.82, 2.24) is 9.97 Å². The SMILES string of the molecule is C[Si](C)(C)c1cnc(-c2[c-]cccc2)cc1CC1CCCCC1.[Ir].[c-]1ccc2c(oc3cc(-c4ccccc4)ccc32)c1-c1cc2ccccc2cn1. The second kappa shape index (κ2) is 16.1. The Hall–Kier alpha value is -4.67. The van der Waals surface area contributed by atoms with Crippen LogP contribution in [0.4, 0.5) is 0 Å². The van der Waals surface area contributed by atoms with Crippen LogP contribution in [0.3, 0.4) is 0 Å². The Kier molecular flexibility index (Phi) is 11.2. The molecule has 0 spiro atoms. The van der Waals surface area contributed by atoms with E-state index in [1.165, 1.54) is 44.1 Å². The zero-order chi connectivity index (χ0) is 35.5. The predicted octanol–water partition coefficient (Wildman–Crippen LogP) is 12.5. The van der Waals surface area contributed by atoms with Crippen LogP contribution in [0.2, 0.25) is 19.6 Å². The van der Waals surface area contributed by atoms with Gasteiger partial charge in [-0.3, -0.25) is 0 Å². The van der Waals surface area contributed by atoms with E-state index in [0.29, 0.717) is 0 Å². The molecule has 267 valence electrons. The van der Waals surface area contributed by atoms with Gasteiger partial charge in [0.1, 0.15) is 5.58 Å².